The number of phenolic OH excluding ortho intramolecular Hbond substituents is 1. The van der Waals surface area contributed by atoms with E-state index >= 15 is 0 Å². The summed E-state index contributed by atoms with van der Waals surface area (Å²) >= 11 is 0. The Morgan fingerprint density at radius 2 is 2.10 bits per heavy atom. The van der Waals surface area contributed by atoms with Crippen LogP contribution in [0.5, 0.6) is 5.75 Å². The van der Waals surface area contributed by atoms with Crippen LogP contribution in [0.4, 0.5) is 0 Å². The first-order valence-corrected chi connectivity index (χ1v) is 7.32. The highest BCUT2D eigenvalue weighted by molar-refractivity contribution is 5.91. The minimum atomic E-state index is -0.613. The van der Waals surface area contributed by atoms with E-state index in [1.807, 2.05) is 0 Å². The lowest BCUT2D eigenvalue weighted by atomic mass is 9.86. The average molecular weight is 291 g/mol. The number of esters is 1. The van der Waals surface area contributed by atoms with Gasteiger partial charge in [-0.3, -0.25) is 4.79 Å². The molecule has 0 unspecified atom stereocenters. The molecule has 1 aliphatic carbocycles. The zero-order valence-electron chi connectivity index (χ0n) is 12.2. The van der Waals surface area contributed by atoms with Crippen molar-refractivity contribution < 1.29 is 19.4 Å². The molecule has 0 bridgehead atoms. The number of rotatable bonds is 4. The second-order valence-corrected chi connectivity index (χ2v) is 5.56. The van der Waals surface area contributed by atoms with Gasteiger partial charge in [0, 0.05) is 6.04 Å². The molecule has 114 valence electrons. The topological polar surface area (TPSA) is 75.6 Å². The normalized spacial score (nSPS) is 21.6. The van der Waals surface area contributed by atoms with E-state index < -0.39 is 5.97 Å². The largest absolute Gasteiger partial charge is 0.508 e. The minimum absolute atomic E-state index is 0.00932. The number of carbonyl (C=O) groups is 2. The number of hydrogen-bond acceptors (Lipinski definition) is 4. The molecule has 21 heavy (non-hydrogen) atoms. The highest BCUT2D eigenvalue weighted by atomic mass is 16.5. The molecule has 2 N–H and O–H groups in total. The molecule has 1 aromatic carbocycles. The number of hydrogen-bond donors (Lipinski definition) is 2. The van der Waals surface area contributed by atoms with E-state index in [1.165, 1.54) is 24.6 Å². The van der Waals surface area contributed by atoms with Gasteiger partial charge in [-0.15, -0.1) is 0 Å². The molecule has 0 aliphatic heterocycles. The van der Waals surface area contributed by atoms with Crippen molar-refractivity contribution in [1.29, 1.82) is 0 Å². The second kappa shape index (κ2) is 7.11. The molecule has 1 aromatic rings. The van der Waals surface area contributed by atoms with Crippen LogP contribution in [0.1, 0.15) is 43.0 Å². The van der Waals surface area contributed by atoms with Gasteiger partial charge in [-0.05, 0) is 37.0 Å². The van der Waals surface area contributed by atoms with Gasteiger partial charge in [0.2, 0.25) is 0 Å². The monoisotopic (exact) mass is 291 g/mol. The lowest BCUT2D eigenvalue weighted by molar-refractivity contribution is -0.125. The molecule has 5 nitrogen and oxygen atoms in total. The Balaban J connectivity index is 1.79. The van der Waals surface area contributed by atoms with E-state index in [-0.39, 0.29) is 29.9 Å². The van der Waals surface area contributed by atoms with Gasteiger partial charge in [0.1, 0.15) is 5.75 Å². The summed E-state index contributed by atoms with van der Waals surface area (Å²) in [5, 5.41) is 12.2. The number of carbonyl (C=O) groups excluding carboxylic acids is 2. The Morgan fingerprint density at radius 1 is 1.33 bits per heavy atom. The van der Waals surface area contributed by atoms with Crippen LogP contribution in [0.15, 0.2) is 24.3 Å². The van der Waals surface area contributed by atoms with Crippen molar-refractivity contribution in [1.82, 2.24) is 5.32 Å². The van der Waals surface area contributed by atoms with Gasteiger partial charge in [0.05, 0.1) is 5.56 Å². The molecular weight excluding hydrogens is 270 g/mol. The van der Waals surface area contributed by atoms with Crippen molar-refractivity contribution >= 4 is 11.9 Å². The van der Waals surface area contributed by atoms with Crippen LogP contribution in [-0.2, 0) is 9.53 Å². The van der Waals surface area contributed by atoms with Gasteiger partial charge in [-0.25, -0.2) is 4.79 Å². The maximum Gasteiger partial charge on any atom is 0.338 e. The molecule has 2 atom stereocenters. The van der Waals surface area contributed by atoms with Gasteiger partial charge < -0.3 is 15.2 Å². The molecule has 5 heteroatoms. The van der Waals surface area contributed by atoms with Crippen LogP contribution in [0.3, 0.4) is 0 Å². The SMILES string of the molecule is C[C@H]1CCCC[C@H]1NC(=O)COC(=O)c1cccc(O)c1. The fourth-order valence-corrected chi connectivity index (χ4v) is 2.63. The Hall–Kier alpha value is -2.04. The fraction of sp³-hybridized carbons (Fsp3) is 0.500. The Bertz CT molecular complexity index is 515. The van der Waals surface area contributed by atoms with E-state index in [2.05, 4.69) is 12.2 Å². The first-order chi connectivity index (χ1) is 10.1. The highest BCUT2D eigenvalue weighted by Gasteiger charge is 2.23. The molecule has 1 saturated carbocycles. The molecule has 2 rings (SSSR count). The zero-order chi connectivity index (χ0) is 15.2. The van der Waals surface area contributed by atoms with Gasteiger partial charge in [-0.2, -0.15) is 0 Å². The molecule has 0 heterocycles. The summed E-state index contributed by atoms with van der Waals surface area (Å²) < 4.78 is 4.96. The van der Waals surface area contributed by atoms with Crippen LogP contribution < -0.4 is 5.32 Å². The Kier molecular flexibility index (Phi) is 5.20. The minimum Gasteiger partial charge on any atom is -0.508 e. The van der Waals surface area contributed by atoms with E-state index in [1.54, 1.807) is 6.07 Å². The van der Waals surface area contributed by atoms with Gasteiger partial charge in [0.25, 0.3) is 5.91 Å². The van der Waals surface area contributed by atoms with Crippen molar-refractivity contribution in [3.05, 3.63) is 29.8 Å². The van der Waals surface area contributed by atoms with Crippen LogP contribution >= 0.6 is 0 Å². The van der Waals surface area contributed by atoms with Crippen LogP contribution in [0, 0.1) is 5.92 Å². The number of benzene rings is 1. The summed E-state index contributed by atoms with van der Waals surface area (Å²) in [6.07, 6.45) is 4.43. The van der Waals surface area contributed by atoms with Gasteiger partial charge in [-0.1, -0.05) is 25.8 Å². The van der Waals surface area contributed by atoms with Gasteiger partial charge in [0.15, 0.2) is 6.61 Å². The molecule has 0 aromatic heterocycles. The van der Waals surface area contributed by atoms with Crippen LogP contribution in [-0.4, -0.2) is 29.6 Å². The number of phenols is 1. The maximum absolute atomic E-state index is 11.8. The third kappa shape index (κ3) is 4.48. The molecule has 1 amide bonds. The van der Waals surface area contributed by atoms with E-state index in [0.29, 0.717) is 5.92 Å². The highest BCUT2D eigenvalue weighted by Crippen LogP contribution is 2.23. The van der Waals surface area contributed by atoms with Crippen molar-refractivity contribution in [2.45, 2.75) is 38.6 Å². The van der Waals surface area contributed by atoms with E-state index in [0.717, 1.165) is 19.3 Å². The third-order valence-corrected chi connectivity index (χ3v) is 3.87. The van der Waals surface area contributed by atoms with Crippen molar-refractivity contribution in [3.63, 3.8) is 0 Å². The second-order valence-electron chi connectivity index (χ2n) is 5.56. The molecule has 0 radical (unpaired) electrons. The predicted octanol–water partition coefficient (Wildman–Crippen LogP) is 2.24. The summed E-state index contributed by atoms with van der Waals surface area (Å²) in [6, 6.07) is 6.03. The Labute approximate surface area is 124 Å². The maximum atomic E-state index is 11.8. The summed E-state index contributed by atoms with van der Waals surface area (Å²) in [7, 11) is 0. The first-order valence-electron chi connectivity index (χ1n) is 7.32. The number of ether oxygens (including phenoxy) is 1. The predicted molar refractivity (Wildman–Crippen MR) is 78.0 cm³/mol. The lowest BCUT2D eigenvalue weighted by Gasteiger charge is -2.29. The van der Waals surface area contributed by atoms with Crippen molar-refractivity contribution in [2.75, 3.05) is 6.61 Å². The summed E-state index contributed by atoms with van der Waals surface area (Å²) in [5.74, 6) is -0.436. The third-order valence-electron chi connectivity index (χ3n) is 3.87. The number of nitrogens with one attached hydrogen (secondary N) is 1. The lowest BCUT2D eigenvalue weighted by Crippen LogP contribution is -2.42. The number of aromatic hydroxyl groups is 1. The van der Waals surface area contributed by atoms with Crippen LogP contribution in [0.2, 0.25) is 0 Å². The summed E-state index contributed by atoms with van der Waals surface area (Å²) in [5.41, 5.74) is 0.230. The Morgan fingerprint density at radius 3 is 2.81 bits per heavy atom. The molecule has 0 saturated heterocycles. The summed E-state index contributed by atoms with van der Waals surface area (Å²) in [6.45, 7) is 1.83. The van der Waals surface area contributed by atoms with Crippen molar-refractivity contribution in [2.24, 2.45) is 5.92 Å². The molecule has 1 aliphatic rings. The number of amides is 1. The van der Waals surface area contributed by atoms with Crippen LogP contribution in [0.25, 0.3) is 0 Å². The summed E-state index contributed by atoms with van der Waals surface area (Å²) in [4.78, 5) is 23.6. The van der Waals surface area contributed by atoms with E-state index in [9.17, 15) is 14.7 Å². The molecule has 1 fully saturated rings. The molecule has 0 spiro atoms. The fourth-order valence-electron chi connectivity index (χ4n) is 2.63. The average Bonchev–Trinajstić information content (AvgIpc) is 2.47. The quantitative estimate of drug-likeness (QED) is 0.834. The van der Waals surface area contributed by atoms with Gasteiger partial charge >= 0.3 is 5.97 Å². The first kappa shape index (κ1) is 15.4. The van der Waals surface area contributed by atoms with Crippen molar-refractivity contribution in [3.8, 4) is 5.75 Å². The smallest absolute Gasteiger partial charge is 0.338 e. The zero-order valence-corrected chi connectivity index (χ0v) is 12.2. The van der Waals surface area contributed by atoms with E-state index in [4.69, 9.17) is 4.74 Å². The molecular formula is C16H21NO4. The standard InChI is InChI=1S/C16H21NO4/c1-11-5-2-3-8-14(11)17-15(19)10-21-16(20)12-6-4-7-13(18)9-12/h4,6-7,9,11,14,18H,2-3,5,8,10H2,1H3,(H,17,19)/t11-,14+/m0/s1.